The van der Waals surface area contributed by atoms with Crippen LogP contribution in [0.4, 0.5) is 0 Å². The van der Waals surface area contributed by atoms with Crippen molar-refractivity contribution in [3.05, 3.63) is 32.6 Å². The van der Waals surface area contributed by atoms with Gasteiger partial charge in [0.15, 0.2) is 9.84 Å². The van der Waals surface area contributed by atoms with Crippen molar-refractivity contribution in [3.8, 4) is 0 Å². The lowest BCUT2D eigenvalue weighted by molar-refractivity contribution is 0.0693. The highest BCUT2D eigenvalue weighted by molar-refractivity contribution is 7.91. The third-order valence-corrected chi connectivity index (χ3v) is 4.83. The molecule has 1 fully saturated rings. The molecule has 104 valence electrons. The summed E-state index contributed by atoms with van der Waals surface area (Å²) in [5.41, 5.74) is -2.37. The third-order valence-electron chi connectivity index (χ3n) is 3.03. The van der Waals surface area contributed by atoms with Gasteiger partial charge in [-0.25, -0.2) is 18.0 Å². The van der Waals surface area contributed by atoms with E-state index in [2.05, 4.69) is 0 Å². The Labute approximate surface area is 107 Å². The summed E-state index contributed by atoms with van der Waals surface area (Å²) in [4.78, 5) is 35.7. The van der Waals surface area contributed by atoms with E-state index in [1.54, 1.807) is 0 Å². The Morgan fingerprint density at radius 1 is 1.42 bits per heavy atom. The minimum absolute atomic E-state index is 0.0629. The largest absolute Gasteiger partial charge is 0.477 e. The van der Waals surface area contributed by atoms with Gasteiger partial charge in [-0.1, -0.05) is 0 Å². The van der Waals surface area contributed by atoms with E-state index in [0.717, 1.165) is 10.8 Å². The molecule has 2 heterocycles. The summed E-state index contributed by atoms with van der Waals surface area (Å²) < 4.78 is 24.0. The van der Waals surface area contributed by atoms with E-state index >= 15 is 0 Å². The highest BCUT2D eigenvalue weighted by Gasteiger charge is 2.27. The number of carboxylic acid groups (broad SMARTS) is 1. The second kappa shape index (κ2) is 4.65. The summed E-state index contributed by atoms with van der Waals surface area (Å²) in [5, 5.41) is 8.83. The molecule has 1 aliphatic heterocycles. The monoisotopic (exact) mass is 288 g/mol. The molecule has 19 heavy (non-hydrogen) atoms. The average molecular weight is 288 g/mol. The molecule has 0 saturated carbocycles. The molecule has 0 aliphatic carbocycles. The van der Waals surface area contributed by atoms with Gasteiger partial charge in [-0.2, -0.15) is 0 Å². The molecule has 0 bridgehead atoms. The Morgan fingerprint density at radius 3 is 2.68 bits per heavy atom. The first-order valence-electron chi connectivity index (χ1n) is 5.59. The zero-order valence-corrected chi connectivity index (χ0v) is 10.6. The van der Waals surface area contributed by atoms with Crippen molar-refractivity contribution in [2.24, 2.45) is 0 Å². The predicted octanol–water partition coefficient (Wildman–Crippen LogP) is -1.02. The van der Waals surface area contributed by atoms with Crippen molar-refractivity contribution >= 4 is 15.8 Å². The molecule has 8 nitrogen and oxygen atoms in total. The number of rotatable bonds is 2. The minimum Gasteiger partial charge on any atom is -0.477 e. The van der Waals surface area contributed by atoms with E-state index < -0.39 is 38.7 Å². The van der Waals surface area contributed by atoms with Gasteiger partial charge in [0.2, 0.25) is 0 Å². The van der Waals surface area contributed by atoms with Crippen LogP contribution >= 0.6 is 0 Å². The summed E-state index contributed by atoms with van der Waals surface area (Å²) in [7, 11) is -3.24. The number of sulfone groups is 1. The Balaban J connectivity index is 2.51. The van der Waals surface area contributed by atoms with Crippen LogP contribution in [0, 0.1) is 0 Å². The first-order chi connectivity index (χ1) is 8.80. The smallest absolute Gasteiger partial charge is 0.342 e. The van der Waals surface area contributed by atoms with Gasteiger partial charge in [0.25, 0.3) is 5.56 Å². The van der Waals surface area contributed by atoms with Crippen molar-refractivity contribution < 1.29 is 18.3 Å². The van der Waals surface area contributed by atoms with Crippen LogP contribution in [0.25, 0.3) is 0 Å². The van der Waals surface area contributed by atoms with Crippen LogP contribution in [-0.2, 0) is 9.84 Å². The van der Waals surface area contributed by atoms with E-state index in [0.29, 0.717) is 12.8 Å². The van der Waals surface area contributed by atoms with E-state index in [-0.39, 0.29) is 11.5 Å². The SMILES string of the molecule is O=C(O)c1cn(C2CCCS(=O)(=O)C2)c(=O)[nH]c1=O. The molecule has 0 spiro atoms. The number of aromatic carboxylic acids is 1. The fourth-order valence-corrected chi connectivity index (χ4v) is 3.81. The van der Waals surface area contributed by atoms with Crippen molar-refractivity contribution in [2.75, 3.05) is 11.5 Å². The lowest BCUT2D eigenvalue weighted by Gasteiger charge is -2.23. The Hall–Kier alpha value is -1.90. The standard InChI is InChI=1S/C10H12N2O6S/c13-8-7(9(14)15)4-12(10(16)11-8)6-2-1-3-19(17,18)5-6/h4,6H,1-3,5H2,(H,14,15)(H,11,13,16). The van der Waals surface area contributed by atoms with Crippen LogP contribution in [0.2, 0.25) is 0 Å². The number of nitrogens with one attached hydrogen (secondary N) is 1. The maximum atomic E-state index is 11.6. The van der Waals surface area contributed by atoms with E-state index in [4.69, 9.17) is 5.11 Å². The molecule has 1 aromatic heterocycles. The van der Waals surface area contributed by atoms with Gasteiger partial charge >= 0.3 is 11.7 Å². The number of aromatic amines is 1. The Bertz CT molecular complexity index is 729. The first kappa shape index (κ1) is 13.5. The number of carboxylic acids is 1. The van der Waals surface area contributed by atoms with Crippen LogP contribution < -0.4 is 11.2 Å². The highest BCUT2D eigenvalue weighted by atomic mass is 32.2. The maximum Gasteiger partial charge on any atom is 0.342 e. The second-order valence-electron chi connectivity index (χ2n) is 4.42. The minimum atomic E-state index is -3.24. The van der Waals surface area contributed by atoms with E-state index in [9.17, 15) is 22.8 Å². The summed E-state index contributed by atoms with van der Waals surface area (Å²) in [6.45, 7) is 0. The molecule has 1 saturated heterocycles. The van der Waals surface area contributed by atoms with Gasteiger partial charge in [0.05, 0.1) is 17.5 Å². The highest BCUT2D eigenvalue weighted by Crippen LogP contribution is 2.21. The summed E-state index contributed by atoms with van der Waals surface area (Å²) in [5.74, 6) is -1.63. The van der Waals surface area contributed by atoms with Gasteiger partial charge in [0, 0.05) is 6.20 Å². The number of carbonyl (C=O) groups is 1. The lowest BCUT2D eigenvalue weighted by atomic mass is 10.2. The van der Waals surface area contributed by atoms with Crippen LogP contribution in [0.5, 0.6) is 0 Å². The van der Waals surface area contributed by atoms with Crippen molar-refractivity contribution in [2.45, 2.75) is 18.9 Å². The summed E-state index contributed by atoms with van der Waals surface area (Å²) in [6.07, 6.45) is 1.76. The van der Waals surface area contributed by atoms with Gasteiger partial charge in [0.1, 0.15) is 5.56 Å². The molecule has 0 aromatic carbocycles. The van der Waals surface area contributed by atoms with Crippen molar-refractivity contribution in [1.82, 2.24) is 9.55 Å². The van der Waals surface area contributed by atoms with Crippen LogP contribution in [0.3, 0.4) is 0 Å². The normalized spacial score (nSPS) is 22.0. The number of H-pyrrole nitrogens is 1. The van der Waals surface area contributed by atoms with Crippen LogP contribution in [-0.4, -0.2) is 40.6 Å². The lowest BCUT2D eigenvalue weighted by Crippen LogP contribution is -2.39. The van der Waals surface area contributed by atoms with Crippen molar-refractivity contribution in [3.63, 3.8) is 0 Å². The Morgan fingerprint density at radius 2 is 2.11 bits per heavy atom. The molecule has 1 atom stereocenters. The van der Waals surface area contributed by atoms with Crippen LogP contribution in [0.1, 0.15) is 29.2 Å². The van der Waals surface area contributed by atoms with Crippen molar-refractivity contribution in [1.29, 1.82) is 0 Å². The topological polar surface area (TPSA) is 126 Å². The Kier molecular flexibility index (Phi) is 3.31. The zero-order valence-electron chi connectivity index (χ0n) is 9.83. The number of hydrogen-bond acceptors (Lipinski definition) is 5. The van der Waals surface area contributed by atoms with E-state index in [1.165, 1.54) is 0 Å². The molecular formula is C10H12N2O6S. The molecular weight excluding hydrogens is 276 g/mol. The fourth-order valence-electron chi connectivity index (χ4n) is 2.13. The second-order valence-corrected chi connectivity index (χ2v) is 6.65. The number of hydrogen-bond donors (Lipinski definition) is 2. The van der Waals surface area contributed by atoms with E-state index in [1.807, 2.05) is 4.98 Å². The quantitative estimate of drug-likeness (QED) is 0.717. The summed E-state index contributed by atoms with van der Waals surface area (Å²) >= 11 is 0. The van der Waals surface area contributed by atoms with Gasteiger partial charge in [-0.15, -0.1) is 0 Å². The first-order valence-corrected chi connectivity index (χ1v) is 7.41. The maximum absolute atomic E-state index is 11.6. The molecule has 1 unspecified atom stereocenters. The third kappa shape index (κ3) is 2.75. The molecule has 9 heteroatoms. The summed E-state index contributed by atoms with van der Waals surface area (Å²) in [6, 6.07) is -0.638. The molecule has 1 aromatic rings. The fraction of sp³-hybridized carbons (Fsp3) is 0.500. The number of aromatic nitrogens is 2. The predicted molar refractivity (Wildman–Crippen MR) is 65.2 cm³/mol. The molecule has 0 amide bonds. The molecule has 2 rings (SSSR count). The van der Waals surface area contributed by atoms with Gasteiger partial charge in [-0.3, -0.25) is 14.3 Å². The van der Waals surface area contributed by atoms with Gasteiger partial charge in [-0.05, 0) is 12.8 Å². The molecule has 0 radical (unpaired) electrons. The van der Waals surface area contributed by atoms with Crippen LogP contribution in [0.15, 0.2) is 15.8 Å². The molecule has 1 aliphatic rings. The molecule has 2 N–H and O–H groups in total. The number of nitrogens with zero attached hydrogens (tertiary/aromatic N) is 1. The zero-order chi connectivity index (χ0) is 14.2. The average Bonchev–Trinajstić information content (AvgIpc) is 2.26. The van der Waals surface area contributed by atoms with Gasteiger partial charge < -0.3 is 5.11 Å².